The Morgan fingerprint density at radius 1 is 1.02 bits per heavy atom. The average molecular weight is 616 g/mol. The molecule has 2 unspecified atom stereocenters. The van der Waals surface area contributed by atoms with Gasteiger partial charge in [-0.15, -0.1) is 24.9 Å². The summed E-state index contributed by atoms with van der Waals surface area (Å²) >= 11 is 1.67. The first-order valence-electron chi connectivity index (χ1n) is 15.9. The van der Waals surface area contributed by atoms with Crippen LogP contribution >= 0.6 is 11.8 Å². The van der Waals surface area contributed by atoms with Crippen molar-refractivity contribution in [3.8, 4) is 0 Å². The number of hydrogen-bond acceptors (Lipinski definition) is 5. The zero-order chi connectivity index (χ0) is 31.3. The van der Waals surface area contributed by atoms with Crippen molar-refractivity contribution in [1.82, 2.24) is 14.7 Å². The zero-order valence-electron chi connectivity index (χ0n) is 25.7. The molecule has 2 aromatic rings. The van der Waals surface area contributed by atoms with E-state index < -0.39 is 28.7 Å². The minimum absolute atomic E-state index is 0.0470. The predicted molar refractivity (Wildman–Crippen MR) is 176 cm³/mol. The highest BCUT2D eigenvalue weighted by Crippen LogP contribution is 2.67. The molecule has 0 saturated carbocycles. The molecule has 44 heavy (non-hydrogen) atoms. The largest absolute Gasteiger partial charge is 0.394 e. The molecule has 0 aliphatic carbocycles. The molecule has 3 fully saturated rings. The van der Waals surface area contributed by atoms with E-state index in [1.807, 2.05) is 65.6 Å². The van der Waals surface area contributed by atoms with Crippen LogP contribution in [0.3, 0.4) is 0 Å². The quantitative estimate of drug-likeness (QED) is 0.219. The molecule has 1 N–H and O–H groups in total. The lowest BCUT2D eigenvalue weighted by Gasteiger charge is -2.40. The van der Waals surface area contributed by atoms with Gasteiger partial charge in [-0.3, -0.25) is 14.4 Å². The first-order chi connectivity index (χ1) is 21.4. The lowest BCUT2D eigenvalue weighted by molar-refractivity contribution is -0.147. The molecule has 5 rings (SSSR count). The van der Waals surface area contributed by atoms with Crippen molar-refractivity contribution >= 4 is 29.5 Å². The van der Waals surface area contributed by atoms with E-state index in [-0.39, 0.29) is 29.6 Å². The first-order valence-corrected chi connectivity index (χ1v) is 16.8. The molecule has 7 nitrogen and oxygen atoms in total. The van der Waals surface area contributed by atoms with Gasteiger partial charge in [0.1, 0.15) is 6.04 Å². The van der Waals surface area contributed by atoms with Crippen molar-refractivity contribution in [3.05, 3.63) is 97.1 Å². The van der Waals surface area contributed by atoms with E-state index >= 15 is 0 Å². The third kappa shape index (κ3) is 5.86. The monoisotopic (exact) mass is 615 g/mol. The molecule has 3 aliphatic rings. The number of amides is 3. The number of likely N-dealkylation sites (tertiary alicyclic amines) is 1. The molecule has 0 radical (unpaired) electrons. The van der Waals surface area contributed by atoms with Crippen LogP contribution in [-0.2, 0) is 20.9 Å². The van der Waals surface area contributed by atoms with E-state index in [1.54, 1.807) is 33.7 Å². The van der Waals surface area contributed by atoms with Gasteiger partial charge in [-0.25, -0.2) is 0 Å². The van der Waals surface area contributed by atoms with E-state index in [2.05, 4.69) is 20.1 Å². The standard InChI is InChI=1S/C36H45N3O4S/c1-4-7-14-23-37(21-5-2)35(43)32-36-20-19-29(44-36)30(33(41)38(22-6-3)24-26-15-10-8-11-16-26)31(36)34(42)39(32)28(25-40)27-17-12-9-13-18-27/h5-6,8-13,15-18,28-32,40H,2-4,7,14,19-25H2,1H3/t28-,29+,30-,31+,32?,36?/m1/s1. The number of carbonyl (C=O) groups is 3. The summed E-state index contributed by atoms with van der Waals surface area (Å²) in [5.74, 6) is -1.57. The summed E-state index contributed by atoms with van der Waals surface area (Å²) in [6.07, 6.45) is 7.81. The SMILES string of the molecule is C=CCN(CCCCC)C(=O)C1N([C@H](CO)c2ccccc2)C(=O)[C@@H]2[C@H](C(=O)N(CC=C)Cc3ccccc3)[C@@H]3CCC12S3. The number of rotatable bonds is 15. The molecule has 3 aliphatic heterocycles. The van der Waals surface area contributed by atoms with Gasteiger partial charge in [0.25, 0.3) is 0 Å². The van der Waals surface area contributed by atoms with Crippen LogP contribution in [0.5, 0.6) is 0 Å². The smallest absolute Gasteiger partial charge is 0.247 e. The van der Waals surface area contributed by atoms with Gasteiger partial charge in [0.15, 0.2) is 0 Å². The number of thioether (sulfide) groups is 1. The van der Waals surface area contributed by atoms with Gasteiger partial charge in [0.2, 0.25) is 17.7 Å². The molecule has 234 valence electrons. The maximum absolute atomic E-state index is 14.8. The Balaban J connectivity index is 1.55. The average Bonchev–Trinajstić information content (AvgIpc) is 3.69. The van der Waals surface area contributed by atoms with Crippen molar-refractivity contribution in [2.75, 3.05) is 26.2 Å². The van der Waals surface area contributed by atoms with Crippen LogP contribution in [0.1, 0.15) is 56.2 Å². The Labute approximate surface area is 266 Å². The Hall–Kier alpha value is -3.36. The van der Waals surface area contributed by atoms with Crippen LogP contribution in [0.2, 0.25) is 0 Å². The van der Waals surface area contributed by atoms with Gasteiger partial charge >= 0.3 is 0 Å². The van der Waals surface area contributed by atoms with Crippen molar-refractivity contribution < 1.29 is 19.5 Å². The van der Waals surface area contributed by atoms with E-state index in [0.29, 0.717) is 32.6 Å². The van der Waals surface area contributed by atoms with Gasteiger partial charge < -0.3 is 19.8 Å². The second-order valence-electron chi connectivity index (χ2n) is 12.2. The molecule has 8 heteroatoms. The molecular formula is C36H45N3O4S. The van der Waals surface area contributed by atoms with Crippen molar-refractivity contribution in [2.24, 2.45) is 11.8 Å². The van der Waals surface area contributed by atoms with Crippen LogP contribution in [0.4, 0.5) is 0 Å². The number of nitrogens with zero attached hydrogens (tertiary/aromatic N) is 3. The lowest BCUT2D eigenvalue weighted by Crippen LogP contribution is -2.56. The van der Waals surface area contributed by atoms with E-state index in [4.69, 9.17) is 0 Å². The molecule has 0 aromatic heterocycles. The first kappa shape index (κ1) is 32.0. The molecule has 3 amide bonds. The topological polar surface area (TPSA) is 81.2 Å². The normalized spacial score (nSPS) is 25.9. The Morgan fingerprint density at radius 2 is 1.68 bits per heavy atom. The summed E-state index contributed by atoms with van der Waals surface area (Å²) < 4.78 is -0.738. The van der Waals surface area contributed by atoms with Crippen LogP contribution in [0, 0.1) is 11.8 Å². The molecule has 6 atom stereocenters. The summed E-state index contributed by atoms with van der Waals surface area (Å²) in [5, 5.41) is 10.7. The number of unbranched alkanes of at least 4 members (excludes halogenated alkanes) is 2. The Morgan fingerprint density at radius 3 is 2.32 bits per heavy atom. The van der Waals surface area contributed by atoms with Crippen molar-refractivity contribution in [2.45, 2.75) is 67.7 Å². The number of hydrogen-bond donors (Lipinski definition) is 1. The lowest BCUT2D eigenvalue weighted by atomic mass is 9.70. The number of carbonyl (C=O) groups excluding carboxylic acids is 3. The minimum Gasteiger partial charge on any atom is -0.394 e. The molecule has 1 spiro atoms. The van der Waals surface area contributed by atoms with E-state index in [1.165, 1.54) is 0 Å². The zero-order valence-corrected chi connectivity index (χ0v) is 26.5. The summed E-state index contributed by atoms with van der Waals surface area (Å²) in [4.78, 5) is 49.2. The predicted octanol–water partition coefficient (Wildman–Crippen LogP) is 5.23. The fourth-order valence-electron chi connectivity index (χ4n) is 7.59. The Kier molecular flexibility index (Phi) is 10.3. The minimum atomic E-state index is -0.784. The Bertz CT molecular complexity index is 1340. The molecule has 3 saturated heterocycles. The van der Waals surface area contributed by atoms with Crippen LogP contribution in [0.25, 0.3) is 0 Å². The van der Waals surface area contributed by atoms with Gasteiger partial charge in [-0.1, -0.05) is 92.6 Å². The van der Waals surface area contributed by atoms with Crippen molar-refractivity contribution in [3.63, 3.8) is 0 Å². The number of aliphatic hydroxyl groups excluding tert-OH is 1. The van der Waals surface area contributed by atoms with Crippen LogP contribution in [-0.4, -0.2) is 79.8 Å². The molecular weight excluding hydrogens is 570 g/mol. The van der Waals surface area contributed by atoms with Gasteiger partial charge in [-0.2, -0.15) is 0 Å². The second-order valence-corrected chi connectivity index (χ2v) is 13.8. The molecule has 2 aromatic carbocycles. The van der Waals surface area contributed by atoms with E-state index in [9.17, 15) is 19.5 Å². The van der Waals surface area contributed by atoms with Crippen LogP contribution in [0.15, 0.2) is 86.0 Å². The summed E-state index contributed by atoms with van der Waals surface area (Å²) in [5.41, 5.74) is 1.79. The van der Waals surface area contributed by atoms with Gasteiger partial charge in [0, 0.05) is 31.4 Å². The fourth-order valence-corrected chi connectivity index (χ4v) is 9.79. The maximum atomic E-state index is 14.8. The van der Waals surface area contributed by atoms with Crippen molar-refractivity contribution in [1.29, 1.82) is 0 Å². The highest BCUT2D eigenvalue weighted by molar-refractivity contribution is 8.02. The number of aliphatic hydroxyl groups is 1. The summed E-state index contributed by atoms with van der Waals surface area (Å²) in [6.45, 7) is 11.4. The number of benzene rings is 2. The molecule has 3 heterocycles. The van der Waals surface area contributed by atoms with Crippen LogP contribution < -0.4 is 0 Å². The van der Waals surface area contributed by atoms with E-state index in [0.717, 1.165) is 36.8 Å². The number of fused-ring (bicyclic) bond motifs is 1. The highest BCUT2D eigenvalue weighted by Gasteiger charge is 2.74. The van der Waals surface area contributed by atoms with Gasteiger partial charge in [-0.05, 0) is 30.4 Å². The summed E-state index contributed by atoms with van der Waals surface area (Å²) in [6, 6.07) is 17.8. The second kappa shape index (κ2) is 14.2. The summed E-state index contributed by atoms with van der Waals surface area (Å²) in [7, 11) is 0. The molecule has 2 bridgehead atoms. The van der Waals surface area contributed by atoms with Gasteiger partial charge in [0.05, 0.1) is 29.2 Å². The third-order valence-electron chi connectivity index (χ3n) is 9.52. The highest BCUT2D eigenvalue weighted by atomic mass is 32.2. The third-order valence-corrected chi connectivity index (χ3v) is 11.5. The fraction of sp³-hybridized carbons (Fsp3) is 0.472. The maximum Gasteiger partial charge on any atom is 0.247 e.